The van der Waals surface area contributed by atoms with Crippen LogP contribution in [0.3, 0.4) is 0 Å². The van der Waals surface area contributed by atoms with Gasteiger partial charge >= 0.3 is 0 Å². The molecule has 3 aromatic carbocycles. The summed E-state index contributed by atoms with van der Waals surface area (Å²) in [6.45, 7) is 4.58. The molecule has 0 aliphatic carbocycles. The lowest BCUT2D eigenvalue weighted by atomic mass is 9.94. The monoisotopic (exact) mass is 459 g/mol. The van der Waals surface area contributed by atoms with Gasteiger partial charge in [0.25, 0.3) is 11.7 Å². The highest BCUT2D eigenvalue weighted by Gasteiger charge is 2.47. The molecule has 2 heterocycles. The maximum atomic E-state index is 13.7. The van der Waals surface area contributed by atoms with E-state index >= 15 is 0 Å². The first kappa shape index (κ1) is 21.7. The number of benzene rings is 3. The Bertz CT molecular complexity index is 1330. The Morgan fingerprint density at radius 1 is 0.912 bits per heavy atom. The Morgan fingerprint density at radius 3 is 2.24 bits per heavy atom. The van der Waals surface area contributed by atoms with Crippen LogP contribution in [0.25, 0.3) is 5.76 Å². The molecule has 0 aromatic heterocycles. The average Bonchev–Trinajstić information content (AvgIpc) is 3.08. The summed E-state index contributed by atoms with van der Waals surface area (Å²) in [5.41, 5.74) is 3.10. The zero-order chi connectivity index (χ0) is 24.0. The average molecular weight is 459 g/mol. The van der Waals surface area contributed by atoms with E-state index in [0.717, 1.165) is 11.1 Å². The van der Waals surface area contributed by atoms with Crippen LogP contribution in [0.2, 0.25) is 0 Å². The van der Waals surface area contributed by atoms with E-state index in [0.29, 0.717) is 41.5 Å². The van der Waals surface area contributed by atoms with Crippen LogP contribution in [0.15, 0.2) is 66.2 Å². The van der Waals surface area contributed by atoms with E-state index in [2.05, 4.69) is 0 Å². The van der Waals surface area contributed by atoms with Gasteiger partial charge in [-0.3, -0.25) is 14.5 Å². The van der Waals surface area contributed by atoms with Gasteiger partial charge in [0.2, 0.25) is 0 Å². The van der Waals surface area contributed by atoms with Crippen LogP contribution in [0.4, 0.5) is 10.1 Å². The highest BCUT2D eigenvalue weighted by molar-refractivity contribution is 6.51. The SMILES string of the molecule is Cc1cc(C)cc(N2C(=O)C(=O)/C(=C(\O)c3ccc4c(c3)OCCO4)C2c2ccc(F)cc2)c1. The minimum absolute atomic E-state index is 0.0764. The molecule has 0 spiro atoms. The third-order valence-electron chi connectivity index (χ3n) is 5.93. The molecule has 1 saturated heterocycles. The van der Waals surface area contributed by atoms with E-state index in [4.69, 9.17) is 9.47 Å². The van der Waals surface area contributed by atoms with Gasteiger partial charge < -0.3 is 14.6 Å². The number of anilines is 1. The molecule has 1 N–H and O–H groups in total. The van der Waals surface area contributed by atoms with E-state index in [-0.39, 0.29) is 11.3 Å². The molecule has 1 amide bonds. The van der Waals surface area contributed by atoms with Crippen LogP contribution in [-0.2, 0) is 9.59 Å². The number of hydrogen-bond acceptors (Lipinski definition) is 5. The van der Waals surface area contributed by atoms with Crippen LogP contribution >= 0.6 is 0 Å². The molecule has 34 heavy (non-hydrogen) atoms. The van der Waals surface area contributed by atoms with Crippen LogP contribution < -0.4 is 14.4 Å². The second-order valence-corrected chi connectivity index (χ2v) is 8.42. The predicted octanol–water partition coefficient (Wildman–Crippen LogP) is 4.84. The number of ketones is 1. The fourth-order valence-corrected chi connectivity index (χ4v) is 4.50. The van der Waals surface area contributed by atoms with Gasteiger partial charge in [-0.15, -0.1) is 0 Å². The second kappa shape index (κ2) is 8.33. The van der Waals surface area contributed by atoms with Crippen molar-refractivity contribution in [3.8, 4) is 11.5 Å². The van der Waals surface area contributed by atoms with Crippen LogP contribution in [0, 0.1) is 19.7 Å². The molecule has 172 valence electrons. The summed E-state index contributed by atoms with van der Waals surface area (Å²) < 4.78 is 24.8. The van der Waals surface area contributed by atoms with Gasteiger partial charge in [0.05, 0.1) is 11.6 Å². The van der Waals surface area contributed by atoms with Crippen LogP contribution in [0.5, 0.6) is 11.5 Å². The van der Waals surface area contributed by atoms with Crippen molar-refractivity contribution >= 4 is 23.1 Å². The van der Waals surface area contributed by atoms with Crippen molar-refractivity contribution in [1.82, 2.24) is 0 Å². The molecule has 6 nitrogen and oxygen atoms in total. The van der Waals surface area contributed by atoms with Gasteiger partial charge in [-0.05, 0) is 73.0 Å². The Balaban J connectivity index is 1.71. The van der Waals surface area contributed by atoms with Gasteiger partial charge in [-0.2, -0.15) is 0 Å². The van der Waals surface area contributed by atoms with Crippen LogP contribution in [0.1, 0.15) is 28.3 Å². The number of fused-ring (bicyclic) bond motifs is 1. The molecule has 7 heteroatoms. The Morgan fingerprint density at radius 2 is 1.56 bits per heavy atom. The lowest BCUT2D eigenvalue weighted by molar-refractivity contribution is -0.132. The maximum absolute atomic E-state index is 13.7. The number of aryl methyl sites for hydroxylation is 2. The van der Waals surface area contributed by atoms with E-state index in [1.54, 1.807) is 30.3 Å². The van der Waals surface area contributed by atoms with E-state index < -0.39 is 23.5 Å². The fourth-order valence-electron chi connectivity index (χ4n) is 4.50. The first-order valence-corrected chi connectivity index (χ1v) is 10.9. The number of amides is 1. The first-order chi connectivity index (χ1) is 16.3. The van der Waals surface area contributed by atoms with E-state index in [1.807, 2.05) is 19.9 Å². The molecule has 3 aromatic rings. The molecular formula is C27H22FNO5. The molecular weight excluding hydrogens is 437 g/mol. The molecule has 5 rings (SSSR count). The third kappa shape index (κ3) is 3.69. The number of nitrogens with zero attached hydrogens (tertiary/aromatic N) is 1. The fraction of sp³-hybridized carbons (Fsp3) is 0.185. The molecule has 2 aliphatic rings. The zero-order valence-corrected chi connectivity index (χ0v) is 18.7. The smallest absolute Gasteiger partial charge is 0.300 e. The number of Topliss-reactive ketones (excluding diaryl/α,β-unsaturated/α-hetero) is 1. The van der Waals surface area contributed by atoms with E-state index in [9.17, 15) is 19.1 Å². The van der Waals surface area contributed by atoms with Gasteiger partial charge in [-0.25, -0.2) is 4.39 Å². The van der Waals surface area contributed by atoms with Crippen molar-refractivity contribution in [3.05, 3.63) is 94.3 Å². The summed E-state index contributed by atoms with van der Waals surface area (Å²) in [7, 11) is 0. The largest absolute Gasteiger partial charge is 0.507 e. The standard InChI is InChI=1S/C27H22FNO5/c1-15-11-16(2)13-20(12-15)29-24(17-3-6-19(28)7-4-17)23(26(31)27(29)32)25(30)18-5-8-21-22(14-18)34-10-9-33-21/h3-8,11-14,24,30H,9-10H2,1-2H3/b25-23-. The molecule has 0 saturated carbocycles. The normalized spacial score (nSPS) is 18.9. The quantitative estimate of drug-likeness (QED) is 0.345. The molecule has 1 unspecified atom stereocenters. The van der Waals surface area contributed by atoms with Gasteiger partial charge in [-0.1, -0.05) is 18.2 Å². The Kier molecular flexibility index (Phi) is 5.32. The number of halogens is 1. The number of rotatable bonds is 3. The highest BCUT2D eigenvalue weighted by Crippen LogP contribution is 2.43. The molecule has 0 radical (unpaired) electrons. The predicted molar refractivity (Wildman–Crippen MR) is 125 cm³/mol. The second-order valence-electron chi connectivity index (χ2n) is 8.42. The summed E-state index contributed by atoms with van der Waals surface area (Å²) in [6.07, 6.45) is 0. The number of carbonyl (C=O) groups excluding carboxylic acids is 2. The Hall–Kier alpha value is -4.13. The van der Waals surface area contributed by atoms with Gasteiger partial charge in [0, 0.05) is 11.3 Å². The summed E-state index contributed by atoms with van der Waals surface area (Å²) in [5.74, 6) is -1.39. The molecule has 1 fully saturated rings. The summed E-state index contributed by atoms with van der Waals surface area (Å²) >= 11 is 0. The van der Waals surface area contributed by atoms with Crippen molar-refractivity contribution < 1.29 is 28.6 Å². The summed E-state index contributed by atoms with van der Waals surface area (Å²) in [6, 6.07) is 15.0. The first-order valence-electron chi connectivity index (χ1n) is 10.9. The lowest BCUT2D eigenvalue weighted by Gasteiger charge is -2.26. The molecule has 0 bridgehead atoms. The van der Waals surface area contributed by atoms with Crippen molar-refractivity contribution in [2.45, 2.75) is 19.9 Å². The summed E-state index contributed by atoms with van der Waals surface area (Å²) in [4.78, 5) is 27.9. The van der Waals surface area contributed by atoms with Gasteiger partial charge in [0.15, 0.2) is 11.5 Å². The number of aliphatic hydroxyl groups is 1. The minimum Gasteiger partial charge on any atom is -0.507 e. The number of ether oxygens (including phenoxy) is 2. The Labute approximate surface area is 195 Å². The minimum atomic E-state index is -0.935. The van der Waals surface area contributed by atoms with Crippen molar-refractivity contribution in [2.24, 2.45) is 0 Å². The van der Waals surface area contributed by atoms with Crippen molar-refractivity contribution in [2.75, 3.05) is 18.1 Å². The van der Waals surface area contributed by atoms with E-state index in [1.165, 1.54) is 29.2 Å². The maximum Gasteiger partial charge on any atom is 0.300 e. The highest BCUT2D eigenvalue weighted by atomic mass is 19.1. The summed E-state index contributed by atoms with van der Waals surface area (Å²) in [5, 5.41) is 11.3. The number of hydrogen-bond donors (Lipinski definition) is 1. The molecule has 2 aliphatic heterocycles. The van der Waals surface area contributed by atoms with Gasteiger partial charge in [0.1, 0.15) is 24.8 Å². The zero-order valence-electron chi connectivity index (χ0n) is 18.7. The number of aliphatic hydroxyl groups excluding tert-OH is 1. The van der Waals surface area contributed by atoms with Crippen LogP contribution in [-0.4, -0.2) is 30.0 Å². The van der Waals surface area contributed by atoms with Crippen molar-refractivity contribution in [1.29, 1.82) is 0 Å². The molecule has 1 atom stereocenters. The third-order valence-corrected chi connectivity index (χ3v) is 5.93. The lowest BCUT2D eigenvalue weighted by Crippen LogP contribution is -2.29. The van der Waals surface area contributed by atoms with Crippen molar-refractivity contribution in [3.63, 3.8) is 0 Å². The topological polar surface area (TPSA) is 76.1 Å². The number of carbonyl (C=O) groups is 2.